The molecule has 1 saturated carbocycles. The molecule has 2 heteroatoms. The Labute approximate surface area is 85.3 Å². The molecular formula is C12H18O2. The zero-order valence-electron chi connectivity index (χ0n) is 8.90. The van der Waals surface area contributed by atoms with Crippen LogP contribution in [-0.2, 0) is 9.53 Å². The Hall–Kier alpha value is -0.790. The van der Waals surface area contributed by atoms with E-state index in [1.165, 1.54) is 26.2 Å². The highest BCUT2D eigenvalue weighted by atomic mass is 16.5. The number of esters is 1. The number of ether oxygens (including phenoxy) is 1. The highest BCUT2D eigenvalue weighted by molar-refractivity contribution is 5.66. The Morgan fingerprint density at radius 1 is 1.43 bits per heavy atom. The van der Waals surface area contributed by atoms with Crippen molar-refractivity contribution in [2.45, 2.75) is 39.2 Å². The van der Waals surface area contributed by atoms with Crippen molar-refractivity contribution in [2.24, 2.45) is 17.8 Å². The third-order valence-corrected chi connectivity index (χ3v) is 3.47. The van der Waals surface area contributed by atoms with Gasteiger partial charge in [-0.1, -0.05) is 25.5 Å². The van der Waals surface area contributed by atoms with Crippen LogP contribution in [0, 0.1) is 17.8 Å². The number of hydrogen-bond donors (Lipinski definition) is 0. The molecule has 2 bridgehead atoms. The first kappa shape index (κ1) is 9.75. The zero-order chi connectivity index (χ0) is 10.1. The van der Waals surface area contributed by atoms with E-state index in [2.05, 4.69) is 19.1 Å². The average molecular weight is 194 g/mol. The van der Waals surface area contributed by atoms with Crippen molar-refractivity contribution >= 4 is 5.97 Å². The molecule has 14 heavy (non-hydrogen) atoms. The first-order valence-corrected chi connectivity index (χ1v) is 5.58. The lowest BCUT2D eigenvalue weighted by atomic mass is 9.87. The van der Waals surface area contributed by atoms with Crippen LogP contribution in [0.4, 0.5) is 0 Å². The van der Waals surface area contributed by atoms with Crippen molar-refractivity contribution < 1.29 is 9.53 Å². The molecular weight excluding hydrogens is 176 g/mol. The van der Waals surface area contributed by atoms with Crippen molar-refractivity contribution in [2.75, 3.05) is 0 Å². The molecule has 0 radical (unpaired) electrons. The number of fused-ring (bicyclic) bond motifs is 2. The number of carbonyl (C=O) groups is 1. The van der Waals surface area contributed by atoms with Gasteiger partial charge in [0.25, 0.3) is 0 Å². The molecule has 2 nitrogen and oxygen atoms in total. The van der Waals surface area contributed by atoms with Gasteiger partial charge in [0.05, 0.1) is 0 Å². The van der Waals surface area contributed by atoms with Crippen LogP contribution in [0.3, 0.4) is 0 Å². The molecule has 0 saturated heterocycles. The van der Waals surface area contributed by atoms with Crippen LogP contribution >= 0.6 is 0 Å². The van der Waals surface area contributed by atoms with E-state index in [9.17, 15) is 4.79 Å². The molecule has 0 spiro atoms. The van der Waals surface area contributed by atoms with E-state index >= 15 is 0 Å². The molecule has 4 atom stereocenters. The molecule has 0 N–H and O–H groups in total. The van der Waals surface area contributed by atoms with Gasteiger partial charge in [-0.05, 0) is 18.8 Å². The quantitative estimate of drug-likeness (QED) is 0.510. The smallest absolute Gasteiger partial charge is 0.302 e. The molecule has 0 aromatic heterocycles. The van der Waals surface area contributed by atoms with Crippen LogP contribution in [0.25, 0.3) is 0 Å². The molecule has 2 rings (SSSR count). The number of carbonyl (C=O) groups excluding carboxylic acids is 1. The Morgan fingerprint density at radius 3 is 2.79 bits per heavy atom. The van der Waals surface area contributed by atoms with Crippen molar-refractivity contribution in [3.8, 4) is 0 Å². The molecule has 2 aliphatic rings. The van der Waals surface area contributed by atoms with E-state index in [0.29, 0.717) is 17.8 Å². The first-order valence-electron chi connectivity index (χ1n) is 5.58. The fourth-order valence-electron chi connectivity index (χ4n) is 2.96. The lowest BCUT2D eigenvalue weighted by Gasteiger charge is -2.27. The third-order valence-electron chi connectivity index (χ3n) is 3.47. The summed E-state index contributed by atoms with van der Waals surface area (Å²) in [6, 6.07) is 0. The summed E-state index contributed by atoms with van der Waals surface area (Å²) < 4.78 is 5.42. The van der Waals surface area contributed by atoms with Gasteiger partial charge in [-0.2, -0.15) is 0 Å². The average Bonchev–Trinajstić information content (AvgIpc) is 2.68. The fraction of sp³-hybridized carbons (Fsp3) is 0.750. The summed E-state index contributed by atoms with van der Waals surface area (Å²) >= 11 is 0. The van der Waals surface area contributed by atoms with E-state index in [-0.39, 0.29) is 12.1 Å². The monoisotopic (exact) mass is 194 g/mol. The highest BCUT2D eigenvalue weighted by Crippen LogP contribution is 2.47. The van der Waals surface area contributed by atoms with Crippen LogP contribution in [0.5, 0.6) is 0 Å². The summed E-state index contributed by atoms with van der Waals surface area (Å²) in [6.45, 7) is 3.71. The minimum absolute atomic E-state index is 0.128. The maximum atomic E-state index is 11.0. The minimum Gasteiger partial charge on any atom is -0.462 e. The second-order valence-electron chi connectivity index (χ2n) is 4.47. The summed E-state index contributed by atoms with van der Waals surface area (Å²) in [4.78, 5) is 11.0. The SMILES string of the molecule is CCCC1C2C=CC(C2)C1OC(C)=O. The van der Waals surface area contributed by atoms with E-state index in [0.717, 1.165) is 0 Å². The minimum atomic E-state index is -0.128. The fourth-order valence-corrected chi connectivity index (χ4v) is 2.96. The van der Waals surface area contributed by atoms with Gasteiger partial charge in [-0.25, -0.2) is 0 Å². The summed E-state index contributed by atoms with van der Waals surface area (Å²) in [5.41, 5.74) is 0. The summed E-state index contributed by atoms with van der Waals surface area (Å²) in [5.74, 6) is 1.63. The van der Waals surface area contributed by atoms with E-state index in [4.69, 9.17) is 4.74 Å². The Morgan fingerprint density at radius 2 is 2.14 bits per heavy atom. The maximum absolute atomic E-state index is 11.0. The van der Waals surface area contributed by atoms with Gasteiger partial charge in [-0.3, -0.25) is 4.79 Å². The maximum Gasteiger partial charge on any atom is 0.302 e. The zero-order valence-corrected chi connectivity index (χ0v) is 8.90. The van der Waals surface area contributed by atoms with Gasteiger partial charge in [0.2, 0.25) is 0 Å². The van der Waals surface area contributed by atoms with Crippen molar-refractivity contribution in [1.82, 2.24) is 0 Å². The summed E-state index contributed by atoms with van der Waals surface area (Å²) in [6.07, 6.45) is 8.27. The van der Waals surface area contributed by atoms with Gasteiger partial charge < -0.3 is 4.74 Å². The van der Waals surface area contributed by atoms with Gasteiger partial charge in [0.1, 0.15) is 6.10 Å². The van der Waals surface area contributed by atoms with E-state index < -0.39 is 0 Å². The lowest BCUT2D eigenvalue weighted by molar-refractivity contribution is -0.150. The van der Waals surface area contributed by atoms with Crippen LogP contribution in [0.2, 0.25) is 0 Å². The Kier molecular flexibility index (Phi) is 2.62. The molecule has 0 aliphatic heterocycles. The number of allylic oxidation sites excluding steroid dienone is 1. The molecule has 4 unspecified atom stereocenters. The predicted molar refractivity (Wildman–Crippen MR) is 54.7 cm³/mol. The predicted octanol–water partition coefficient (Wildman–Crippen LogP) is 2.54. The lowest BCUT2D eigenvalue weighted by Crippen LogP contribution is -2.29. The van der Waals surface area contributed by atoms with Crippen LogP contribution < -0.4 is 0 Å². The molecule has 1 fully saturated rings. The van der Waals surface area contributed by atoms with Gasteiger partial charge in [-0.15, -0.1) is 0 Å². The Bertz CT molecular complexity index is 257. The number of hydrogen-bond acceptors (Lipinski definition) is 2. The van der Waals surface area contributed by atoms with Gasteiger partial charge >= 0.3 is 5.97 Å². The van der Waals surface area contributed by atoms with Crippen LogP contribution in [-0.4, -0.2) is 12.1 Å². The Balaban J connectivity index is 2.06. The normalized spacial score (nSPS) is 39.0. The summed E-state index contributed by atoms with van der Waals surface area (Å²) in [7, 11) is 0. The van der Waals surface area contributed by atoms with Crippen molar-refractivity contribution in [3.63, 3.8) is 0 Å². The molecule has 78 valence electrons. The highest BCUT2D eigenvalue weighted by Gasteiger charge is 2.45. The van der Waals surface area contributed by atoms with E-state index in [1.54, 1.807) is 0 Å². The van der Waals surface area contributed by atoms with Crippen LogP contribution in [0.15, 0.2) is 12.2 Å². The standard InChI is InChI=1S/C12H18O2/c1-3-4-11-9-5-6-10(7-9)12(11)14-8(2)13/h5-6,9-12H,3-4,7H2,1-2H3. The molecule has 0 amide bonds. The summed E-state index contributed by atoms with van der Waals surface area (Å²) in [5, 5.41) is 0. The van der Waals surface area contributed by atoms with Gasteiger partial charge in [0, 0.05) is 18.8 Å². The molecule has 0 heterocycles. The van der Waals surface area contributed by atoms with Gasteiger partial charge in [0.15, 0.2) is 0 Å². The second-order valence-corrected chi connectivity index (χ2v) is 4.47. The molecule has 2 aliphatic carbocycles. The number of rotatable bonds is 3. The van der Waals surface area contributed by atoms with Crippen LogP contribution in [0.1, 0.15) is 33.1 Å². The van der Waals surface area contributed by atoms with E-state index in [1.807, 2.05) is 0 Å². The molecule has 0 aromatic carbocycles. The topological polar surface area (TPSA) is 26.3 Å². The molecule has 0 aromatic rings. The largest absolute Gasteiger partial charge is 0.462 e. The van der Waals surface area contributed by atoms with Crippen molar-refractivity contribution in [1.29, 1.82) is 0 Å². The first-order chi connectivity index (χ1) is 6.72. The van der Waals surface area contributed by atoms with Crippen molar-refractivity contribution in [3.05, 3.63) is 12.2 Å². The third kappa shape index (κ3) is 1.58. The second kappa shape index (κ2) is 3.76.